The van der Waals surface area contributed by atoms with E-state index in [1.54, 1.807) is 46.3 Å². The van der Waals surface area contributed by atoms with Gasteiger partial charge in [0, 0.05) is 49.7 Å². The second-order valence-corrected chi connectivity index (χ2v) is 8.20. The lowest BCUT2D eigenvalue weighted by Crippen LogP contribution is -2.57. The molecule has 0 bridgehead atoms. The van der Waals surface area contributed by atoms with Gasteiger partial charge in [0.25, 0.3) is 0 Å². The molecule has 1 aromatic carbocycles. The van der Waals surface area contributed by atoms with Crippen molar-refractivity contribution in [2.75, 3.05) is 25.0 Å². The smallest absolute Gasteiger partial charge is 0.410 e. The molecule has 0 spiro atoms. The van der Waals surface area contributed by atoms with Crippen molar-refractivity contribution >= 4 is 17.8 Å². The zero-order valence-corrected chi connectivity index (χ0v) is 17.8. The van der Waals surface area contributed by atoms with Crippen LogP contribution in [0.4, 0.5) is 15.3 Å². The van der Waals surface area contributed by atoms with Crippen molar-refractivity contribution in [3.05, 3.63) is 48.7 Å². The van der Waals surface area contributed by atoms with Gasteiger partial charge in [-0.3, -0.25) is 0 Å². The largest absolute Gasteiger partial charge is 0.444 e. The number of anilines is 1. The Morgan fingerprint density at radius 1 is 1.13 bits per heavy atom. The van der Waals surface area contributed by atoms with E-state index < -0.39 is 5.60 Å². The minimum atomic E-state index is -0.544. The third kappa shape index (κ3) is 5.85. The van der Waals surface area contributed by atoms with Crippen molar-refractivity contribution in [1.82, 2.24) is 14.8 Å². The molecule has 0 radical (unpaired) electrons. The molecule has 2 aromatic rings. The molecule has 2 heterocycles. The van der Waals surface area contributed by atoms with Crippen LogP contribution in [0.15, 0.2) is 48.7 Å². The highest BCUT2D eigenvalue weighted by Gasteiger charge is 2.32. The summed E-state index contributed by atoms with van der Waals surface area (Å²) in [6, 6.07) is 12.2. The molecule has 0 aliphatic carbocycles. The number of urea groups is 1. The first-order chi connectivity index (χ1) is 14.2. The number of nitrogens with zero attached hydrogens (tertiary/aromatic N) is 3. The number of amides is 3. The standard InChI is InChI=1S/C22H28N4O4/c1-16-15-25(21(28)30-22(2,3)4)12-13-26(16)20(27)24-17-8-7-9-18(14-17)29-19-10-5-6-11-23-19/h5-11,14,16H,12-13,15H2,1-4H3,(H,24,27). The molecule has 1 aliphatic heterocycles. The van der Waals surface area contributed by atoms with Crippen LogP contribution in [0.1, 0.15) is 27.7 Å². The van der Waals surface area contributed by atoms with Gasteiger partial charge in [-0.25, -0.2) is 14.6 Å². The van der Waals surface area contributed by atoms with Gasteiger partial charge < -0.3 is 24.6 Å². The first-order valence-corrected chi connectivity index (χ1v) is 9.96. The molecule has 1 N–H and O–H groups in total. The summed E-state index contributed by atoms with van der Waals surface area (Å²) in [6.45, 7) is 8.70. The minimum Gasteiger partial charge on any atom is -0.444 e. The number of carbonyl (C=O) groups excluding carboxylic acids is 2. The summed E-state index contributed by atoms with van der Waals surface area (Å²) in [7, 11) is 0. The fraction of sp³-hybridized carbons (Fsp3) is 0.409. The molecule has 1 atom stereocenters. The quantitative estimate of drug-likeness (QED) is 0.810. The van der Waals surface area contributed by atoms with Crippen LogP contribution in [0, 0.1) is 0 Å². The molecular weight excluding hydrogens is 384 g/mol. The van der Waals surface area contributed by atoms with Gasteiger partial charge in [-0.2, -0.15) is 0 Å². The molecule has 0 saturated carbocycles. The van der Waals surface area contributed by atoms with E-state index in [2.05, 4.69) is 10.3 Å². The Labute approximate surface area is 176 Å². The molecule has 30 heavy (non-hydrogen) atoms. The number of hydrogen-bond donors (Lipinski definition) is 1. The molecule has 3 rings (SSSR count). The lowest BCUT2D eigenvalue weighted by Gasteiger charge is -2.40. The summed E-state index contributed by atoms with van der Waals surface area (Å²) in [5, 5.41) is 2.90. The third-order valence-corrected chi connectivity index (χ3v) is 4.49. The van der Waals surface area contributed by atoms with E-state index in [0.717, 1.165) is 0 Å². The maximum Gasteiger partial charge on any atom is 0.410 e. The van der Waals surface area contributed by atoms with Crippen LogP contribution >= 0.6 is 0 Å². The average Bonchev–Trinajstić information content (AvgIpc) is 2.67. The fourth-order valence-electron chi connectivity index (χ4n) is 3.11. The average molecular weight is 412 g/mol. The van der Waals surface area contributed by atoms with Crippen LogP contribution in [0.5, 0.6) is 11.6 Å². The van der Waals surface area contributed by atoms with E-state index in [1.165, 1.54) is 0 Å². The van der Waals surface area contributed by atoms with E-state index >= 15 is 0 Å². The lowest BCUT2D eigenvalue weighted by molar-refractivity contribution is 0.0112. The molecular formula is C22H28N4O4. The second kappa shape index (κ2) is 9.02. The fourth-order valence-corrected chi connectivity index (χ4v) is 3.11. The van der Waals surface area contributed by atoms with Crippen molar-refractivity contribution in [1.29, 1.82) is 0 Å². The molecule has 1 fully saturated rings. The molecule has 8 nitrogen and oxygen atoms in total. The summed E-state index contributed by atoms with van der Waals surface area (Å²) in [6.07, 6.45) is 1.30. The maximum absolute atomic E-state index is 12.8. The highest BCUT2D eigenvalue weighted by Crippen LogP contribution is 2.23. The van der Waals surface area contributed by atoms with Crippen LogP contribution in [0.25, 0.3) is 0 Å². The van der Waals surface area contributed by atoms with Crippen LogP contribution < -0.4 is 10.1 Å². The lowest BCUT2D eigenvalue weighted by atomic mass is 10.2. The number of nitrogens with one attached hydrogen (secondary N) is 1. The van der Waals surface area contributed by atoms with Gasteiger partial charge in [-0.05, 0) is 45.9 Å². The zero-order valence-electron chi connectivity index (χ0n) is 17.8. The summed E-state index contributed by atoms with van der Waals surface area (Å²) in [4.78, 5) is 32.5. The summed E-state index contributed by atoms with van der Waals surface area (Å²) in [5.74, 6) is 1.06. The number of pyridine rings is 1. The molecule has 1 saturated heterocycles. The first kappa shape index (κ1) is 21.4. The number of benzene rings is 1. The number of piperazine rings is 1. The van der Waals surface area contributed by atoms with Crippen LogP contribution in [0.2, 0.25) is 0 Å². The predicted molar refractivity (Wildman–Crippen MR) is 114 cm³/mol. The third-order valence-electron chi connectivity index (χ3n) is 4.49. The Morgan fingerprint density at radius 3 is 2.60 bits per heavy atom. The highest BCUT2D eigenvalue weighted by atomic mass is 16.6. The second-order valence-electron chi connectivity index (χ2n) is 8.20. The van der Waals surface area contributed by atoms with Crippen molar-refractivity contribution in [2.24, 2.45) is 0 Å². The summed E-state index contributed by atoms with van der Waals surface area (Å²) < 4.78 is 11.1. The summed E-state index contributed by atoms with van der Waals surface area (Å²) >= 11 is 0. The minimum absolute atomic E-state index is 0.140. The van der Waals surface area contributed by atoms with E-state index in [4.69, 9.17) is 9.47 Å². The number of carbonyl (C=O) groups is 2. The van der Waals surface area contributed by atoms with Gasteiger partial charge in [0.15, 0.2) is 0 Å². The zero-order chi connectivity index (χ0) is 21.7. The summed E-state index contributed by atoms with van der Waals surface area (Å²) in [5.41, 5.74) is 0.0761. The monoisotopic (exact) mass is 412 g/mol. The van der Waals surface area contributed by atoms with E-state index in [-0.39, 0.29) is 18.2 Å². The van der Waals surface area contributed by atoms with Crippen LogP contribution in [0.3, 0.4) is 0 Å². The molecule has 1 aliphatic rings. The predicted octanol–water partition coefficient (Wildman–Crippen LogP) is 4.35. The maximum atomic E-state index is 12.8. The number of rotatable bonds is 3. The highest BCUT2D eigenvalue weighted by molar-refractivity contribution is 5.90. The Hall–Kier alpha value is -3.29. The van der Waals surface area contributed by atoms with Crippen molar-refractivity contribution in [2.45, 2.75) is 39.3 Å². The number of aromatic nitrogens is 1. The molecule has 1 unspecified atom stereocenters. The van der Waals surface area contributed by atoms with Gasteiger partial charge in [0.05, 0.1) is 0 Å². The first-order valence-electron chi connectivity index (χ1n) is 9.96. The van der Waals surface area contributed by atoms with Gasteiger partial charge >= 0.3 is 12.1 Å². The van der Waals surface area contributed by atoms with Crippen LogP contribution in [-0.2, 0) is 4.74 Å². The van der Waals surface area contributed by atoms with E-state index in [9.17, 15) is 9.59 Å². The molecule has 3 amide bonds. The van der Waals surface area contributed by atoms with Gasteiger partial charge in [-0.1, -0.05) is 12.1 Å². The van der Waals surface area contributed by atoms with Crippen molar-refractivity contribution in [3.63, 3.8) is 0 Å². The van der Waals surface area contributed by atoms with Gasteiger partial charge in [0.1, 0.15) is 11.4 Å². The van der Waals surface area contributed by atoms with Crippen LogP contribution in [-0.4, -0.2) is 58.2 Å². The van der Waals surface area contributed by atoms with Crippen molar-refractivity contribution in [3.8, 4) is 11.6 Å². The molecule has 8 heteroatoms. The topological polar surface area (TPSA) is 84.0 Å². The van der Waals surface area contributed by atoms with Gasteiger partial charge in [-0.15, -0.1) is 0 Å². The van der Waals surface area contributed by atoms with Gasteiger partial charge in [0.2, 0.25) is 5.88 Å². The number of ether oxygens (including phenoxy) is 2. The van der Waals surface area contributed by atoms with E-state index in [1.807, 2.05) is 39.8 Å². The van der Waals surface area contributed by atoms with Crippen molar-refractivity contribution < 1.29 is 19.1 Å². The Morgan fingerprint density at radius 2 is 1.93 bits per heavy atom. The number of hydrogen-bond acceptors (Lipinski definition) is 5. The SMILES string of the molecule is CC1CN(C(=O)OC(C)(C)C)CCN1C(=O)Nc1cccc(Oc2ccccn2)c1. The Balaban J connectivity index is 1.57. The Bertz CT molecular complexity index is 882. The molecule has 1 aromatic heterocycles. The molecule has 160 valence electrons. The van der Waals surface area contributed by atoms with E-state index in [0.29, 0.717) is 37.0 Å². The Kier molecular flexibility index (Phi) is 6.44. The normalized spacial score (nSPS) is 16.7.